The van der Waals surface area contributed by atoms with E-state index in [2.05, 4.69) is 4.98 Å². The highest BCUT2D eigenvalue weighted by Gasteiger charge is 2.01. The van der Waals surface area contributed by atoms with Crippen molar-refractivity contribution in [2.45, 2.75) is 6.92 Å². The Labute approximate surface area is 73.9 Å². The number of hydrogen-bond donors (Lipinski definition) is 0. The van der Waals surface area contributed by atoms with Gasteiger partial charge in [0.15, 0.2) is 11.3 Å². The zero-order valence-electron chi connectivity index (χ0n) is 6.57. The average molecular weight is 177 g/mol. The SMILES string of the molecule is Cc1ccc2nc(C=O)sc2c1. The molecule has 1 aromatic heterocycles. The number of nitrogens with zero attached hydrogens (tertiary/aromatic N) is 1. The number of hydrogen-bond acceptors (Lipinski definition) is 3. The van der Waals surface area contributed by atoms with Gasteiger partial charge in [0.25, 0.3) is 0 Å². The van der Waals surface area contributed by atoms with Crippen molar-refractivity contribution < 1.29 is 4.79 Å². The van der Waals surface area contributed by atoms with Crippen LogP contribution in [-0.2, 0) is 0 Å². The molecule has 0 radical (unpaired) electrons. The van der Waals surface area contributed by atoms with Gasteiger partial charge < -0.3 is 0 Å². The first-order valence-corrected chi connectivity index (χ1v) is 4.43. The molecular weight excluding hydrogens is 170 g/mol. The van der Waals surface area contributed by atoms with E-state index >= 15 is 0 Å². The van der Waals surface area contributed by atoms with E-state index in [0.29, 0.717) is 5.01 Å². The Balaban J connectivity index is 2.75. The molecule has 0 N–H and O–H groups in total. The molecule has 2 aromatic rings. The number of aromatic nitrogens is 1. The quantitative estimate of drug-likeness (QED) is 0.626. The first-order valence-electron chi connectivity index (χ1n) is 3.62. The fraction of sp³-hybridized carbons (Fsp3) is 0.111. The maximum absolute atomic E-state index is 10.4. The Kier molecular flexibility index (Phi) is 1.66. The minimum Gasteiger partial charge on any atom is -0.295 e. The standard InChI is InChI=1S/C9H7NOS/c1-6-2-3-7-8(4-6)12-9(5-11)10-7/h2-5H,1H3. The van der Waals surface area contributed by atoms with E-state index in [4.69, 9.17) is 0 Å². The molecule has 0 atom stereocenters. The molecule has 0 aliphatic heterocycles. The van der Waals surface area contributed by atoms with Crippen molar-refractivity contribution >= 4 is 27.8 Å². The molecule has 3 heteroatoms. The summed E-state index contributed by atoms with van der Waals surface area (Å²) in [6, 6.07) is 5.98. The molecule has 0 unspecified atom stereocenters. The third-order valence-corrected chi connectivity index (χ3v) is 2.60. The van der Waals surface area contributed by atoms with Gasteiger partial charge in [-0.15, -0.1) is 11.3 Å². The van der Waals surface area contributed by atoms with Gasteiger partial charge in [0, 0.05) is 0 Å². The molecule has 0 aliphatic rings. The van der Waals surface area contributed by atoms with Gasteiger partial charge in [-0.05, 0) is 24.6 Å². The lowest BCUT2D eigenvalue weighted by molar-refractivity contribution is 0.112. The van der Waals surface area contributed by atoms with Gasteiger partial charge in [-0.1, -0.05) is 6.07 Å². The zero-order chi connectivity index (χ0) is 8.55. The van der Waals surface area contributed by atoms with Crippen LogP contribution in [-0.4, -0.2) is 11.3 Å². The molecule has 0 aliphatic carbocycles. The number of thiazole rings is 1. The van der Waals surface area contributed by atoms with Crippen LogP contribution in [0.4, 0.5) is 0 Å². The van der Waals surface area contributed by atoms with E-state index in [-0.39, 0.29) is 0 Å². The second-order valence-corrected chi connectivity index (χ2v) is 3.70. The molecule has 0 amide bonds. The van der Waals surface area contributed by atoms with E-state index in [0.717, 1.165) is 16.5 Å². The van der Waals surface area contributed by atoms with Crippen molar-refractivity contribution in [3.05, 3.63) is 28.8 Å². The first-order chi connectivity index (χ1) is 5.79. The van der Waals surface area contributed by atoms with Crippen molar-refractivity contribution in [1.29, 1.82) is 0 Å². The fourth-order valence-corrected chi connectivity index (χ4v) is 1.98. The fourth-order valence-electron chi connectivity index (χ4n) is 1.10. The highest BCUT2D eigenvalue weighted by atomic mass is 32.1. The van der Waals surface area contributed by atoms with Crippen molar-refractivity contribution in [2.24, 2.45) is 0 Å². The average Bonchev–Trinajstić information content (AvgIpc) is 2.46. The Bertz CT molecular complexity index is 433. The summed E-state index contributed by atoms with van der Waals surface area (Å²) in [5, 5.41) is 0.551. The summed E-state index contributed by atoms with van der Waals surface area (Å²) in [4.78, 5) is 14.5. The Morgan fingerprint density at radius 3 is 3.08 bits per heavy atom. The number of carbonyl (C=O) groups excluding carboxylic acids is 1. The Hall–Kier alpha value is -1.22. The lowest BCUT2D eigenvalue weighted by Crippen LogP contribution is -1.73. The van der Waals surface area contributed by atoms with Crippen LogP contribution in [0.3, 0.4) is 0 Å². The van der Waals surface area contributed by atoms with E-state index in [1.807, 2.05) is 25.1 Å². The van der Waals surface area contributed by atoms with Crippen LogP contribution in [0.2, 0.25) is 0 Å². The Morgan fingerprint density at radius 2 is 2.33 bits per heavy atom. The van der Waals surface area contributed by atoms with Gasteiger partial charge in [0.1, 0.15) is 0 Å². The van der Waals surface area contributed by atoms with Crippen molar-refractivity contribution in [1.82, 2.24) is 4.98 Å². The van der Waals surface area contributed by atoms with Crippen LogP contribution in [0.25, 0.3) is 10.2 Å². The summed E-state index contributed by atoms with van der Waals surface area (Å²) in [6.07, 6.45) is 0.792. The predicted octanol–water partition coefficient (Wildman–Crippen LogP) is 2.42. The van der Waals surface area contributed by atoms with Crippen molar-refractivity contribution in [3.8, 4) is 0 Å². The molecule has 0 fully saturated rings. The summed E-state index contributed by atoms with van der Waals surface area (Å²) < 4.78 is 1.08. The van der Waals surface area contributed by atoms with Crippen molar-refractivity contribution in [2.75, 3.05) is 0 Å². The summed E-state index contributed by atoms with van der Waals surface area (Å²) in [5.74, 6) is 0. The van der Waals surface area contributed by atoms with E-state index in [9.17, 15) is 4.79 Å². The monoisotopic (exact) mass is 177 g/mol. The second kappa shape index (κ2) is 2.68. The normalized spacial score (nSPS) is 10.4. The number of aryl methyl sites for hydroxylation is 1. The van der Waals surface area contributed by atoms with Crippen molar-refractivity contribution in [3.63, 3.8) is 0 Å². The van der Waals surface area contributed by atoms with Gasteiger partial charge in [-0.2, -0.15) is 0 Å². The van der Waals surface area contributed by atoms with E-state index in [1.165, 1.54) is 16.9 Å². The molecule has 0 saturated heterocycles. The van der Waals surface area contributed by atoms with E-state index < -0.39 is 0 Å². The highest BCUT2D eigenvalue weighted by Crippen LogP contribution is 2.21. The van der Waals surface area contributed by atoms with Crippen LogP contribution < -0.4 is 0 Å². The molecular formula is C9H7NOS. The minimum absolute atomic E-state index is 0.551. The summed E-state index contributed by atoms with van der Waals surface area (Å²) in [7, 11) is 0. The number of aldehydes is 1. The maximum Gasteiger partial charge on any atom is 0.178 e. The van der Waals surface area contributed by atoms with Crippen LogP contribution >= 0.6 is 11.3 Å². The molecule has 2 rings (SSSR count). The molecule has 60 valence electrons. The van der Waals surface area contributed by atoms with Crippen LogP contribution in [0, 0.1) is 6.92 Å². The smallest absolute Gasteiger partial charge is 0.178 e. The molecule has 1 aromatic carbocycles. The summed E-state index contributed by atoms with van der Waals surface area (Å²) >= 11 is 1.43. The van der Waals surface area contributed by atoms with E-state index in [1.54, 1.807) is 0 Å². The zero-order valence-corrected chi connectivity index (χ0v) is 7.39. The first kappa shape index (κ1) is 7.43. The van der Waals surface area contributed by atoms with Gasteiger partial charge in [0.2, 0.25) is 0 Å². The predicted molar refractivity (Wildman–Crippen MR) is 49.7 cm³/mol. The topological polar surface area (TPSA) is 30.0 Å². The van der Waals surface area contributed by atoms with Crippen LogP contribution in [0.1, 0.15) is 15.4 Å². The van der Waals surface area contributed by atoms with Crippen LogP contribution in [0.5, 0.6) is 0 Å². The number of benzene rings is 1. The molecule has 0 spiro atoms. The maximum atomic E-state index is 10.4. The molecule has 0 saturated carbocycles. The second-order valence-electron chi connectivity index (χ2n) is 2.64. The largest absolute Gasteiger partial charge is 0.295 e. The number of carbonyl (C=O) groups is 1. The molecule has 2 nitrogen and oxygen atoms in total. The third kappa shape index (κ3) is 1.12. The lowest BCUT2D eigenvalue weighted by Gasteiger charge is -1.88. The Morgan fingerprint density at radius 1 is 1.50 bits per heavy atom. The minimum atomic E-state index is 0.551. The molecule has 12 heavy (non-hydrogen) atoms. The summed E-state index contributed by atoms with van der Waals surface area (Å²) in [5.41, 5.74) is 2.11. The van der Waals surface area contributed by atoms with Gasteiger partial charge in [-0.3, -0.25) is 4.79 Å². The number of fused-ring (bicyclic) bond motifs is 1. The third-order valence-electron chi connectivity index (χ3n) is 1.66. The highest BCUT2D eigenvalue weighted by molar-refractivity contribution is 7.20. The molecule has 1 heterocycles. The lowest BCUT2D eigenvalue weighted by atomic mass is 10.2. The van der Waals surface area contributed by atoms with Gasteiger partial charge >= 0.3 is 0 Å². The summed E-state index contributed by atoms with van der Waals surface area (Å²) in [6.45, 7) is 2.03. The van der Waals surface area contributed by atoms with Gasteiger partial charge in [-0.25, -0.2) is 4.98 Å². The van der Waals surface area contributed by atoms with Gasteiger partial charge in [0.05, 0.1) is 10.2 Å². The van der Waals surface area contributed by atoms with Crippen LogP contribution in [0.15, 0.2) is 18.2 Å². The molecule has 0 bridgehead atoms. The number of rotatable bonds is 1.